The molecule has 4 nitrogen and oxygen atoms in total. The van der Waals surface area contributed by atoms with Gasteiger partial charge in [-0.1, -0.05) is 0 Å². The van der Waals surface area contributed by atoms with Crippen molar-refractivity contribution in [2.45, 2.75) is 12.8 Å². The van der Waals surface area contributed by atoms with Crippen LogP contribution in [0.1, 0.15) is 11.6 Å². The Morgan fingerprint density at radius 1 is 1.29 bits per heavy atom. The SMILES string of the molecule is Brc1nc(CCc2ccco2)n2cccnc12. The van der Waals surface area contributed by atoms with E-state index in [0.29, 0.717) is 0 Å². The van der Waals surface area contributed by atoms with Crippen LogP contribution >= 0.6 is 15.9 Å². The second-order valence-corrected chi connectivity index (χ2v) is 4.46. The third kappa shape index (κ3) is 1.98. The van der Waals surface area contributed by atoms with Gasteiger partial charge in [-0.3, -0.25) is 4.40 Å². The molecule has 5 heteroatoms. The van der Waals surface area contributed by atoms with Crippen molar-refractivity contribution in [3.63, 3.8) is 0 Å². The Labute approximate surface area is 106 Å². The minimum absolute atomic E-state index is 0.785. The Kier molecular flexibility index (Phi) is 2.68. The molecule has 3 aromatic heterocycles. The number of hydrogen-bond donors (Lipinski definition) is 0. The van der Waals surface area contributed by atoms with Crippen molar-refractivity contribution in [2.75, 3.05) is 0 Å². The molecule has 0 fully saturated rings. The highest BCUT2D eigenvalue weighted by atomic mass is 79.9. The molecule has 3 aromatic rings. The molecule has 3 rings (SSSR count). The smallest absolute Gasteiger partial charge is 0.171 e. The maximum atomic E-state index is 5.31. The summed E-state index contributed by atoms with van der Waals surface area (Å²) in [6.07, 6.45) is 7.09. The van der Waals surface area contributed by atoms with Gasteiger partial charge in [0.2, 0.25) is 0 Å². The van der Waals surface area contributed by atoms with E-state index in [0.717, 1.165) is 34.7 Å². The van der Waals surface area contributed by atoms with Crippen LogP contribution in [0.4, 0.5) is 0 Å². The molecule has 0 N–H and O–H groups in total. The molecule has 0 aliphatic rings. The van der Waals surface area contributed by atoms with Crippen molar-refractivity contribution in [1.82, 2.24) is 14.4 Å². The van der Waals surface area contributed by atoms with Crippen molar-refractivity contribution < 1.29 is 4.42 Å². The van der Waals surface area contributed by atoms with Crippen molar-refractivity contribution >= 4 is 21.6 Å². The van der Waals surface area contributed by atoms with Gasteiger partial charge in [0.05, 0.1) is 6.26 Å². The van der Waals surface area contributed by atoms with Gasteiger partial charge >= 0.3 is 0 Å². The van der Waals surface area contributed by atoms with Crippen molar-refractivity contribution in [1.29, 1.82) is 0 Å². The molecule has 0 aromatic carbocycles. The lowest BCUT2D eigenvalue weighted by Gasteiger charge is -1.98. The van der Waals surface area contributed by atoms with Gasteiger partial charge in [0, 0.05) is 25.2 Å². The molecule has 0 saturated carbocycles. The molecule has 0 aliphatic heterocycles. The summed E-state index contributed by atoms with van der Waals surface area (Å²) in [4.78, 5) is 8.74. The van der Waals surface area contributed by atoms with Gasteiger partial charge < -0.3 is 4.42 Å². The van der Waals surface area contributed by atoms with E-state index in [9.17, 15) is 0 Å². The summed E-state index contributed by atoms with van der Waals surface area (Å²) in [6.45, 7) is 0. The third-order valence-electron chi connectivity index (χ3n) is 2.61. The Morgan fingerprint density at radius 2 is 2.24 bits per heavy atom. The van der Waals surface area contributed by atoms with Gasteiger partial charge in [0.25, 0.3) is 0 Å². The second-order valence-electron chi connectivity index (χ2n) is 3.71. The van der Waals surface area contributed by atoms with E-state index >= 15 is 0 Å². The summed E-state index contributed by atoms with van der Waals surface area (Å²) in [7, 11) is 0. The maximum Gasteiger partial charge on any atom is 0.171 e. The van der Waals surface area contributed by atoms with Crippen molar-refractivity contribution in [3.8, 4) is 0 Å². The zero-order valence-electron chi connectivity index (χ0n) is 9.01. The molecule has 86 valence electrons. The van der Waals surface area contributed by atoms with E-state index in [-0.39, 0.29) is 0 Å². The lowest BCUT2D eigenvalue weighted by molar-refractivity contribution is 0.506. The van der Waals surface area contributed by atoms with E-state index in [1.165, 1.54) is 0 Å². The highest BCUT2D eigenvalue weighted by Crippen LogP contribution is 2.17. The standard InChI is InChI=1S/C12H10BrN3O/c13-11-12-14-6-2-7-16(12)10(15-11)5-4-9-3-1-8-17-9/h1-3,6-8H,4-5H2. The fourth-order valence-corrected chi connectivity index (χ4v) is 2.31. The number of aromatic nitrogens is 3. The van der Waals surface area contributed by atoms with Crippen LogP contribution in [-0.2, 0) is 12.8 Å². The number of imidazole rings is 1. The van der Waals surface area contributed by atoms with Gasteiger partial charge in [-0.15, -0.1) is 0 Å². The van der Waals surface area contributed by atoms with Gasteiger partial charge in [0.1, 0.15) is 11.6 Å². The summed E-state index contributed by atoms with van der Waals surface area (Å²) >= 11 is 3.42. The fraction of sp³-hybridized carbons (Fsp3) is 0.167. The van der Waals surface area contributed by atoms with Crippen LogP contribution in [0, 0.1) is 0 Å². The zero-order valence-corrected chi connectivity index (χ0v) is 10.6. The molecule has 0 amide bonds. The van der Waals surface area contributed by atoms with Crippen LogP contribution in [0.3, 0.4) is 0 Å². The molecule has 0 aliphatic carbocycles. The molecule has 0 radical (unpaired) electrons. The predicted octanol–water partition coefficient (Wildman–Crippen LogP) is 2.87. The normalized spacial score (nSPS) is 11.1. The number of furan rings is 1. The number of fused-ring (bicyclic) bond motifs is 1. The Hall–Kier alpha value is -1.62. The lowest BCUT2D eigenvalue weighted by Crippen LogP contribution is -1.97. The average molecular weight is 292 g/mol. The molecular weight excluding hydrogens is 282 g/mol. The number of rotatable bonds is 3. The van der Waals surface area contributed by atoms with Crippen molar-refractivity contribution in [3.05, 3.63) is 53.0 Å². The van der Waals surface area contributed by atoms with Gasteiger partial charge in [-0.2, -0.15) is 0 Å². The van der Waals surface area contributed by atoms with E-state index < -0.39 is 0 Å². The minimum atomic E-state index is 0.785. The van der Waals surface area contributed by atoms with Crippen LogP contribution < -0.4 is 0 Å². The van der Waals surface area contributed by atoms with E-state index in [2.05, 4.69) is 25.9 Å². The van der Waals surface area contributed by atoms with Crippen LogP contribution in [0.2, 0.25) is 0 Å². The van der Waals surface area contributed by atoms with Crippen LogP contribution in [0.15, 0.2) is 45.9 Å². The Morgan fingerprint density at radius 3 is 3.06 bits per heavy atom. The molecule has 0 atom stereocenters. The van der Waals surface area contributed by atoms with Gasteiger partial charge in [-0.05, 0) is 34.1 Å². The monoisotopic (exact) mass is 291 g/mol. The second kappa shape index (κ2) is 4.33. The Balaban J connectivity index is 1.90. The average Bonchev–Trinajstić information content (AvgIpc) is 2.96. The van der Waals surface area contributed by atoms with E-state index in [4.69, 9.17) is 4.42 Å². The topological polar surface area (TPSA) is 43.3 Å². The van der Waals surface area contributed by atoms with Crippen LogP contribution in [0.25, 0.3) is 5.65 Å². The van der Waals surface area contributed by atoms with E-state index in [1.807, 2.05) is 28.8 Å². The summed E-state index contributed by atoms with van der Waals surface area (Å²) in [6, 6.07) is 5.77. The first-order valence-electron chi connectivity index (χ1n) is 5.34. The molecule has 0 unspecified atom stereocenters. The Bertz CT molecular complexity index is 630. The van der Waals surface area contributed by atoms with Crippen LogP contribution in [0.5, 0.6) is 0 Å². The van der Waals surface area contributed by atoms with Gasteiger partial charge in [-0.25, -0.2) is 9.97 Å². The number of halogens is 1. The number of hydrogen-bond acceptors (Lipinski definition) is 3. The highest BCUT2D eigenvalue weighted by molar-refractivity contribution is 9.10. The first kappa shape index (κ1) is 10.5. The highest BCUT2D eigenvalue weighted by Gasteiger charge is 2.09. The minimum Gasteiger partial charge on any atom is -0.469 e. The number of nitrogens with zero attached hydrogens (tertiary/aromatic N) is 3. The zero-order chi connectivity index (χ0) is 11.7. The maximum absolute atomic E-state index is 5.31. The number of aryl methyl sites for hydroxylation is 2. The molecule has 0 spiro atoms. The lowest BCUT2D eigenvalue weighted by atomic mass is 10.2. The molecular formula is C12H10BrN3O. The van der Waals surface area contributed by atoms with E-state index in [1.54, 1.807) is 12.5 Å². The quantitative estimate of drug-likeness (QED) is 0.745. The summed E-state index contributed by atoms with van der Waals surface area (Å²) < 4.78 is 8.09. The first-order valence-corrected chi connectivity index (χ1v) is 6.14. The van der Waals surface area contributed by atoms with Crippen LogP contribution in [-0.4, -0.2) is 14.4 Å². The largest absolute Gasteiger partial charge is 0.469 e. The predicted molar refractivity (Wildman–Crippen MR) is 66.8 cm³/mol. The summed E-state index contributed by atoms with van der Waals surface area (Å²) in [5, 5.41) is 0. The first-order chi connectivity index (χ1) is 8.34. The molecule has 3 heterocycles. The third-order valence-corrected chi connectivity index (χ3v) is 3.14. The molecule has 0 bridgehead atoms. The molecule has 0 saturated heterocycles. The molecule has 17 heavy (non-hydrogen) atoms. The fourth-order valence-electron chi connectivity index (χ4n) is 1.82. The summed E-state index contributed by atoms with van der Waals surface area (Å²) in [5.74, 6) is 1.96. The van der Waals surface area contributed by atoms with Gasteiger partial charge in [0.15, 0.2) is 10.3 Å². The van der Waals surface area contributed by atoms with Crippen molar-refractivity contribution in [2.24, 2.45) is 0 Å². The summed E-state index contributed by atoms with van der Waals surface area (Å²) in [5.41, 5.74) is 0.849.